The number of fused-ring (bicyclic) bond motifs is 1. The van der Waals surface area contributed by atoms with Crippen LogP contribution in [0.3, 0.4) is 0 Å². The van der Waals surface area contributed by atoms with E-state index in [0.717, 1.165) is 37.6 Å². The van der Waals surface area contributed by atoms with Crippen molar-refractivity contribution in [3.63, 3.8) is 0 Å². The van der Waals surface area contributed by atoms with E-state index in [-0.39, 0.29) is 49.3 Å². The van der Waals surface area contributed by atoms with Crippen LogP contribution < -0.4 is 14.5 Å². The van der Waals surface area contributed by atoms with E-state index < -0.39 is 17.6 Å². The highest BCUT2D eigenvalue weighted by atomic mass is 19.4. The first kappa shape index (κ1) is 30.5. The molecule has 9 nitrogen and oxygen atoms in total. The molecule has 3 aliphatic rings. The van der Waals surface area contributed by atoms with Crippen molar-refractivity contribution in [1.82, 2.24) is 19.8 Å². The molecule has 2 fully saturated rings. The number of anilines is 2. The number of amides is 1. The molecule has 0 bridgehead atoms. The largest absolute Gasteiger partial charge is 0.462 e. The first-order chi connectivity index (χ1) is 20.6. The molecule has 2 aromatic rings. The van der Waals surface area contributed by atoms with Gasteiger partial charge in [-0.3, -0.25) is 9.69 Å². The number of aromatic nitrogens is 2. The predicted molar refractivity (Wildman–Crippen MR) is 153 cm³/mol. The van der Waals surface area contributed by atoms with Crippen LogP contribution in [0.1, 0.15) is 36.6 Å². The summed E-state index contributed by atoms with van der Waals surface area (Å²) in [5, 5.41) is 0. The van der Waals surface area contributed by atoms with Crippen LogP contribution in [0.25, 0.3) is 4.85 Å². The SMILES string of the molecule is [C-]#[N+]C[C@H]1CN(c2nc(OC[C@@H]3CCCN3CC)nc3c2CCN(c2cccc(F)c2C(F)(F)F)C3)CCN1C(=O)C=C. The second-order valence-corrected chi connectivity index (χ2v) is 11.0. The summed E-state index contributed by atoms with van der Waals surface area (Å²) < 4.78 is 62.2. The molecule has 43 heavy (non-hydrogen) atoms. The lowest BCUT2D eigenvalue weighted by atomic mass is 10.0. The normalized spacial score (nSPS) is 21.0. The van der Waals surface area contributed by atoms with Crippen molar-refractivity contribution in [3.8, 4) is 6.01 Å². The Morgan fingerprint density at radius 2 is 2.00 bits per heavy atom. The van der Waals surface area contributed by atoms with Gasteiger partial charge in [-0.2, -0.15) is 23.1 Å². The maximum absolute atomic E-state index is 14.4. The third kappa shape index (κ3) is 6.39. The monoisotopic (exact) mass is 601 g/mol. The molecule has 2 saturated heterocycles. The summed E-state index contributed by atoms with van der Waals surface area (Å²) in [5.41, 5.74) is -0.252. The van der Waals surface area contributed by atoms with Crippen molar-refractivity contribution in [2.75, 3.05) is 62.2 Å². The van der Waals surface area contributed by atoms with Gasteiger partial charge in [0, 0.05) is 37.8 Å². The van der Waals surface area contributed by atoms with Crippen molar-refractivity contribution in [2.45, 2.75) is 51.0 Å². The van der Waals surface area contributed by atoms with Crippen LogP contribution in [0.5, 0.6) is 6.01 Å². The lowest BCUT2D eigenvalue weighted by Gasteiger charge is -2.41. The summed E-state index contributed by atoms with van der Waals surface area (Å²) in [4.78, 5) is 32.9. The number of rotatable bonds is 8. The molecule has 1 aromatic carbocycles. The second-order valence-electron chi connectivity index (χ2n) is 11.0. The lowest BCUT2D eigenvalue weighted by molar-refractivity contribution is -0.139. The summed E-state index contributed by atoms with van der Waals surface area (Å²) in [7, 11) is 0. The van der Waals surface area contributed by atoms with Crippen molar-refractivity contribution in [3.05, 3.63) is 64.9 Å². The van der Waals surface area contributed by atoms with Gasteiger partial charge in [-0.25, -0.2) is 11.0 Å². The van der Waals surface area contributed by atoms with E-state index in [2.05, 4.69) is 28.2 Å². The Labute approximate surface area is 248 Å². The Balaban J connectivity index is 1.49. The van der Waals surface area contributed by atoms with Gasteiger partial charge in [0.25, 0.3) is 0 Å². The Bertz CT molecular complexity index is 1400. The topological polar surface area (TPSA) is 69.4 Å². The number of halogens is 4. The molecule has 1 aromatic heterocycles. The number of likely N-dealkylation sites (tertiary alicyclic amines) is 1. The van der Waals surface area contributed by atoms with E-state index >= 15 is 0 Å². The van der Waals surface area contributed by atoms with Gasteiger partial charge >= 0.3 is 12.2 Å². The average Bonchev–Trinajstić information content (AvgIpc) is 3.46. The van der Waals surface area contributed by atoms with Gasteiger partial charge in [0.1, 0.15) is 29.8 Å². The number of carbonyl (C=O) groups excluding carboxylic acids is 1. The van der Waals surface area contributed by atoms with Crippen LogP contribution in [0.2, 0.25) is 0 Å². The van der Waals surface area contributed by atoms with Gasteiger partial charge in [-0.05, 0) is 50.6 Å². The van der Waals surface area contributed by atoms with E-state index in [1.54, 1.807) is 4.90 Å². The zero-order valence-electron chi connectivity index (χ0n) is 24.1. The minimum absolute atomic E-state index is 0.0126. The van der Waals surface area contributed by atoms with Crippen LogP contribution in [-0.4, -0.2) is 90.2 Å². The lowest BCUT2D eigenvalue weighted by Crippen LogP contribution is -2.56. The first-order valence-corrected chi connectivity index (χ1v) is 14.5. The molecule has 0 unspecified atom stereocenters. The first-order valence-electron chi connectivity index (χ1n) is 14.5. The number of nitrogens with zero attached hydrogens (tertiary/aromatic N) is 7. The smallest absolute Gasteiger partial charge is 0.421 e. The average molecular weight is 602 g/mol. The quantitative estimate of drug-likeness (QED) is 0.256. The molecular formula is C30H35F4N7O2. The minimum Gasteiger partial charge on any atom is -0.462 e. The summed E-state index contributed by atoms with van der Waals surface area (Å²) >= 11 is 0. The summed E-state index contributed by atoms with van der Waals surface area (Å²) in [6.07, 6.45) is -1.25. The van der Waals surface area contributed by atoms with Crippen molar-refractivity contribution < 1.29 is 27.1 Å². The van der Waals surface area contributed by atoms with Crippen LogP contribution in [0.4, 0.5) is 29.1 Å². The van der Waals surface area contributed by atoms with Gasteiger partial charge in [0.15, 0.2) is 0 Å². The van der Waals surface area contributed by atoms with Crippen molar-refractivity contribution in [2.24, 2.45) is 0 Å². The standard InChI is InChI=1S/C30H35F4N7O2/c1-4-26(42)41-15-14-40(17-21(41)16-35-3)28-22-11-13-39(25-10-6-9-23(31)27(25)30(32,33)34)18-24(22)36-29(37-28)43-19-20-8-7-12-38(20)5-2/h4,6,9-10,20-21H,1,5,7-8,11-19H2,2H3/t20-,21-/m0/s1. The highest BCUT2D eigenvalue weighted by Gasteiger charge is 2.40. The maximum atomic E-state index is 14.4. The number of alkyl halides is 3. The Morgan fingerprint density at radius 3 is 2.72 bits per heavy atom. The molecule has 0 aliphatic carbocycles. The third-order valence-electron chi connectivity index (χ3n) is 8.49. The van der Waals surface area contributed by atoms with E-state index in [0.29, 0.717) is 44.2 Å². The molecule has 1 amide bonds. The number of hydrogen-bond acceptors (Lipinski definition) is 7. The van der Waals surface area contributed by atoms with Crippen LogP contribution >= 0.6 is 0 Å². The number of likely N-dealkylation sites (N-methyl/N-ethyl adjacent to an activating group) is 1. The number of benzene rings is 1. The van der Waals surface area contributed by atoms with E-state index in [1.165, 1.54) is 23.1 Å². The molecule has 230 valence electrons. The van der Waals surface area contributed by atoms with Gasteiger partial charge in [0.05, 0.1) is 17.9 Å². The predicted octanol–water partition coefficient (Wildman–Crippen LogP) is 4.18. The fraction of sp³-hybridized carbons (Fsp3) is 0.533. The molecule has 0 N–H and O–H groups in total. The minimum atomic E-state index is -4.86. The van der Waals surface area contributed by atoms with E-state index in [4.69, 9.17) is 16.3 Å². The van der Waals surface area contributed by atoms with Crippen molar-refractivity contribution >= 4 is 17.4 Å². The molecule has 2 atom stereocenters. The molecule has 13 heteroatoms. The second kappa shape index (κ2) is 12.8. The molecular weight excluding hydrogens is 566 g/mol. The summed E-state index contributed by atoms with van der Waals surface area (Å²) in [6.45, 7) is 16.8. The van der Waals surface area contributed by atoms with Crippen LogP contribution in [0.15, 0.2) is 30.9 Å². The van der Waals surface area contributed by atoms with Gasteiger partial charge in [-0.1, -0.05) is 19.6 Å². The number of hydrogen-bond donors (Lipinski definition) is 0. The number of piperazine rings is 1. The Kier molecular flexibility index (Phi) is 9.05. The zero-order valence-corrected chi connectivity index (χ0v) is 24.1. The number of ether oxygens (including phenoxy) is 1. The van der Waals surface area contributed by atoms with Gasteiger partial charge in [-0.15, -0.1) is 0 Å². The highest BCUT2D eigenvalue weighted by molar-refractivity contribution is 5.87. The zero-order chi connectivity index (χ0) is 30.7. The molecule has 5 rings (SSSR count). The highest BCUT2D eigenvalue weighted by Crippen LogP contribution is 2.40. The molecule has 0 radical (unpaired) electrons. The third-order valence-corrected chi connectivity index (χ3v) is 8.49. The van der Waals surface area contributed by atoms with Crippen LogP contribution in [0, 0.1) is 12.4 Å². The Morgan fingerprint density at radius 1 is 1.19 bits per heavy atom. The Hall–Kier alpha value is -3.92. The van der Waals surface area contributed by atoms with Crippen LogP contribution in [-0.2, 0) is 23.9 Å². The van der Waals surface area contributed by atoms with Gasteiger partial charge < -0.3 is 24.3 Å². The van der Waals surface area contributed by atoms with E-state index in [9.17, 15) is 22.4 Å². The molecule has 0 spiro atoms. The van der Waals surface area contributed by atoms with Crippen molar-refractivity contribution in [1.29, 1.82) is 0 Å². The molecule has 3 aliphatic heterocycles. The summed E-state index contributed by atoms with van der Waals surface area (Å²) in [5.74, 6) is -0.974. The van der Waals surface area contributed by atoms with Gasteiger partial charge in [0.2, 0.25) is 12.5 Å². The number of carbonyl (C=O) groups is 1. The fourth-order valence-electron chi connectivity index (χ4n) is 6.36. The summed E-state index contributed by atoms with van der Waals surface area (Å²) in [6, 6.07) is 3.32. The fourth-order valence-corrected chi connectivity index (χ4v) is 6.36. The van der Waals surface area contributed by atoms with E-state index in [1.807, 2.05) is 4.90 Å². The molecule has 0 saturated carbocycles. The maximum Gasteiger partial charge on any atom is 0.421 e. The molecule has 4 heterocycles.